The molecular weight excluding hydrogens is 435 g/mol. The Morgan fingerprint density at radius 3 is 2.71 bits per heavy atom. The van der Waals surface area contributed by atoms with Crippen LogP contribution < -0.4 is 5.32 Å². The quantitative estimate of drug-likeness (QED) is 0.386. The van der Waals surface area contributed by atoms with Crippen molar-refractivity contribution in [1.82, 2.24) is 24.6 Å². The Morgan fingerprint density at radius 1 is 1.06 bits per heavy atom. The van der Waals surface area contributed by atoms with Gasteiger partial charge in [-0.1, -0.05) is 46.5 Å². The SMILES string of the molecule is CNc1nnc(-c2cccc(Cl)c2-c2nc3ncccn3c2-c2ccc(C)[c]c2Cl)o1. The number of fused-ring (bicyclic) bond motifs is 1. The molecule has 0 aliphatic heterocycles. The minimum atomic E-state index is 0.300. The van der Waals surface area contributed by atoms with Crippen LogP contribution in [0.1, 0.15) is 5.56 Å². The number of rotatable bonds is 4. The smallest absolute Gasteiger partial charge is 0.315 e. The molecule has 0 atom stereocenters. The Balaban J connectivity index is 1.85. The number of nitrogens with zero attached hydrogens (tertiary/aromatic N) is 5. The van der Waals surface area contributed by atoms with Crippen molar-refractivity contribution in [2.45, 2.75) is 6.92 Å². The molecule has 0 aliphatic rings. The molecule has 3 aromatic heterocycles. The van der Waals surface area contributed by atoms with Gasteiger partial charge in [0.25, 0.3) is 0 Å². The Morgan fingerprint density at radius 2 is 1.94 bits per heavy atom. The van der Waals surface area contributed by atoms with Crippen LogP contribution in [0.5, 0.6) is 0 Å². The zero-order valence-electron chi connectivity index (χ0n) is 16.5. The maximum atomic E-state index is 6.69. The van der Waals surface area contributed by atoms with Gasteiger partial charge in [-0.2, -0.15) is 0 Å². The molecule has 9 heteroatoms. The van der Waals surface area contributed by atoms with E-state index in [1.807, 2.05) is 47.9 Å². The molecule has 2 aromatic carbocycles. The number of hydrogen-bond donors (Lipinski definition) is 1. The standard InChI is InChI=1S/C22H15Cl2N6O/c1-12-7-8-13(16(24)11-12)19-18(27-21-26-9-4-10-30(19)21)17-14(5-3-6-15(17)23)20-28-29-22(25-2)31-20/h3-10H,1-2H3,(H,25,29). The second-order valence-corrected chi connectivity index (χ2v) is 7.58. The van der Waals surface area contributed by atoms with Crippen molar-refractivity contribution < 1.29 is 4.42 Å². The molecule has 0 saturated heterocycles. The van der Waals surface area contributed by atoms with E-state index in [0.29, 0.717) is 44.5 Å². The van der Waals surface area contributed by atoms with Gasteiger partial charge >= 0.3 is 6.01 Å². The summed E-state index contributed by atoms with van der Waals surface area (Å²) in [6, 6.07) is 14.7. The summed E-state index contributed by atoms with van der Waals surface area (Å²) in [5.41, 5.74) is 4.34. The van der Waals surface area contributed by atoms with Crippen LogP contribution in [0.4, 0.5) is 6.01 Å². The number of halogens is 2. The third-order valence-electron chi connectivity index (χ3n) is 4.82. The zero-order chi connectivity index (χ0) is 21.5. The topological polar surface area (TPSA) is 81.1 Å². The summed E-state index contributed by atoms with van der Waals surface area (Å²) in [5.74, 6) is 0.829. The van der Waals surface area contributed by atoms with Crippen LogP contribution in [-0.4, -0.2) is 31.6 Å². The number of hydrogen-bond acceptors (Lipinski definition) is 6. The van der Waals surface area contributed by atoms with Crippen molar-refractivity contribution in [1.29, 1.82) is 0 Å². The monoisotopic (exact) mass is 449 g/mol. The Bertz CT molecular complexity index is 1430. The molecule has 31 heavy (non-hydrogen) atoms. The van der Waals surface area contributed by atoms with E-state index in [-0.39, 0.29) is 0 Å². The van der Waals surface area contributed by atoms with Gasteiger partial charge < -0.3 is 9.73 Å². The van der Waals surface area contributed by atoms with E-state index in [4.69, 9.17) is 32.6 Å². The lowest BCUT2D eigenvalue weighted by Gasteiger charge is -2.11. The Hall–Kier alpha value is -3.42. The number of nitrogens with one attached hydrogen (secondary N) is 1. The molecule has 0 saturated carbocycles. The van der Waals surface area contributed by atoms with Gasteiger partial charge in [-0.3, -0.25) is 4.40 Å². The minimum Gasteiger partial charge on any atom is -0.403 e. The number of benzene rings is 2. The van der Waals surface area contributed by atoms with E-state index in [2.05, 4.69) is 26.6 Å². The summed E-state index contributed by atoms with van der Waals surface area (Å²) in [6.45, 7) is 1.94. The molecule has 0 amide bonds. The fraction of sp³-hybridized carbons (Fsp3) is 0.0909. The lowest BCUT2D eigenvalue weighted by atomic mass is 9.99. The highest BCUT2D eigenvalue weighted by Gasteiger charge is 2.25. The first-order chi connectivity index (χ1) is 15.1. The van der Waals surface area contributed by atoms with Crippen molar-refractivity contribution in [3.05, 3.63) is 70.5 Å². The maximum Gasteiger partial charge on any atom is 0.315 e. The third-order valence-corrected chi connectivity index (χ3v) is 5.43. The predicted octanol–water partition coefficient (Wildman–Crippen LogP) is 5.57. The summed E-state index contributed by atoms with van der Waals surface area (Å²) in [5, 5.41) is 11.9. The number of anilines is 1. The molecule has 1 N–H and O–H groups in total. The van der Waals surface area contributed by atoms with Crippen molar-refractivity contribution in [3.8, 4) is 34.0 Å². The molecular formula is C22H15Cl2N6O. The number of imidazole rings is 1. The molecule has 5 rings (SSSR count). The lowest BCUT2D eigenvalue weighted by molar-refractivity contribution is 0.585. The van der Waals surface area contributed by atoms with Gasteiger partial charge in [-0.05, 0) is 30.7 Å². The van der Waals surface area contributed by atoms with E-state index in [1.165, 1.54) is 0 Å². The second-order valence-electron chi connectivity index (χ2n) is 6.79. The average molecular weight is 450 g/mol. The fourth-order valence-corrected chi connectivity index (χ4v) is 4.01. The average Bonchev–Trinajstić information content (AvgIpc) is 3.38. The number of aryl methyl sites for hydroxylation is 1. The maximum absolute atomic E-state index is 6.69. The highest BCUT2D eigenvalue weighted by Crippen LogP contribution is 2.43. The highest BCUT2D eigenvalue weighted by molar-refractivity contribution is 6.35. The Labute approximate surface area is 187 Å². The molecule has 0 unspecified atom stereocenters. The summed E-state index contributed by atoms with van der Waals surface area (Å²) in [4.78, 5) is 9.19. The van der Waals surface area contributed by atoms with Gasteiger partial charge in [0.1, 0.15) is 5.69 Å². The van der Waals surface area contributed by atoms with Crippen LogP contribution >= 0.6 is 23.2 Å². The van der Waals surface area contributed by atoms with Gasteiger partial charge in [-0.25, -0.2) is 9.97 Å². The Kier molecular flexibility index (Phi) is 4.84. The fourth-order valence-electron chi connectivity index (χ4n) is 3.44. The molecule has 0 spiro atoms. The van der Waals surface area contributed by atoms with E-state index >= 15 is 0 Å². The van der Waals surface area contributed by atoms with Crippen molar-refractivity contribution in [2.24, 2.45) is 0 Å². The first kappa shape index (κ1) is 19.5. The van der Waals surface area contributed by atoms with Crippen molar-refractivity contribution >= 4 is 35.0 Å². The van der Waals surface area contributed by atoms with Crippen LogP contribution in [0, 0.1) is 13.0 Å². The summed E-state index contributed by atoms with van der Waals surface area (Å²) in [7, 11) is 1.71. The molecule has 0 aliphatic carbocycles. The van der Waals surface area contributed by atoms with E-state index in [0.717, 1.165) is 16.8 Å². The van der Waals surface area contributed by atoms with Gasteiger partial charge in [0.15, 0.2) is 0 Å². The van der Waals surface area contributed by atoms with E-state index in [9.17, 15) is 0 Å². The largest absolute Gasteiger partial charge is 0.403 e. The van der Waals surface area contributed by atoms with Gasteiger partial charge in [0.2, 0.25) is 11.7 Å². The van der Waals surface area contributed by atoms with Crippen LogP contribution in [0.15, 0.2) is 53.2 Å². The molecule has 153 valence electrons. The first-order valence-electron chi connectivity index (χ1n) is 9.39. The van der Waals surface area contributed by atoms with Crippen LogP contribution in [0.3, 0.4) is 0 Å². The second kappa shape index (κ2) is 7.68. The molecule has 7 nitrogen and oxygen atoms in total. The van der Waals surface area contributed by atoms with Crippen molar-refractivity contribution in [3.63, 3.8) is 0 Å². The summed E-state index contributed by atoms with van der Waals surface area (Å²) in [6.07, 6.45) is 3.57. The van der Waals surface area contributed by atoms with Crippen LogP contribution in [-0.2, 0) is 0 Å². The minimum absolute atomic E-state index is 0.300. The predicted molar refractivity (Wildman–Crippen MR) is 120 cm³/mol. The molecule has 5 aromatic rings. The van der Waals surface area contributed by atoms with E-state index in [1.54, 1.807) is 19.3 Å². The third kappa shape index (κ3) is 3.32. The van der Waals surface area contributed by atoms with Crippen LogP contribution in [0.2, 0.25) is 10.0 Å². The summed E-state index contributed by atoms with van der Waals surface area (Å²) >= 11 is 13.3. The normalized spacial score (nSPS) is 11.2. The summed E-state index contributed by atoms with van der Waals surface area (Å²) < 4.78 is 7.60. The molecule has 0 fully saturated rings. The van der Waals surface area contributed by atoms with Crippen LogP contribution in [0.25, 0.3) is 39.7 Å². The molecule has 0 bridgehead atoms. The highest BCUT2D eigenvalue weighted by atomic mass is 35.5. The van der Waals surface area contributed by atoms with Crippen molar-refractivity contribution in [2.75, 3.05) is 12.4 Å². The number of aromatic nitrogens is 5. The van der Waals surface area contributed by atoms with E-state index < -0.39 is 0 Å². The van der Waals surface area contributed by atoms with Gasteiger partial charge in [-0.15, -0.1) is 5.10 Å². The first-order valence-corrected chi connectivity index (χ1v) is 10.1. The van der Waals surface area contributed by atoms with Gasteiger partial charge in [0, 0.05) is 42.2 Å². The van der Waals surface area contributed by atoms with Gasteiger partial charge in [0.05, 0.1) is 15.7 Å². The zero-order valence-corrected chi connectivity index (χ0v) is 18.0. The lowest BCUT2D eigenvalue weighted by Crippen LogP contribution is -1.94. The molecule has 3 heterocycles. The molecule has 1 radical (unpaired) electrons.